The molecule has 0 heterocycles. The van der Waals surface area contributed by atoms with Crippen LogP contribution < -0.4 is 0 Å². The van der Waals surface area contributed by atoms with Crippen LogP contribution in [0.4, 0.5) is 0 Å². The first-order chi connectivity index (χ1) is 7.27. The van der Waals surface area contributed by atoms with Crippen molar-refractivity contribution in [3.05, 3.63) is 35.9 Å². The number of hydrogen-bond donors (Lipinski definition) is 2. The lowest BCUT2D eigenvalue weighted by molar-refractivity contribution is -0.0442. The number of rotatable bonds is 2. The van der Waals surface area contributed by atoms with E-state index < -0.39 is 12.2 Å². The zero-order chi connectivity index (χ0) is 10.7. The zero-order valence-electron chi connectivity index (χ0n) is 8.84. The van der Waals surface area contributed by atoms with Crippen molar-refractivity contribution in [2.45, 2.75) is 37.9 Å². The molecule has 0 aromatic heterocycles. The molecule has 2 rings (SSSR count). The smallest absolute Gasteiger partial charge is 0.0830 e. The van der Waals surface area contributed by atoms with Crippen molar-refractivity contribution in [1.29, 1.82) is 0 Å². The molecular formula is C13H18O2. The summed E-state index contributed by atoms with van der Waals surface area (Å²) < 4.78 is 0. The molecule has 0 spiro atoms. The van der Waals surface area contributed by atoms with Crippen LogP contribution in [0.1, 0.15) is 24.8 Å². The molecule has 0 saturated heterocycles. The maximum absolute atomic E-state index is 9.85. The number of aliphatic hydroxyl groups excluding tert-OH is 2. The van der Waals surface area contributed by atoms with Crippen LogP contribution in [0.25, 0.3) is 0 Å². The molecule has 0 aliphatic heterocycles. The molecule has 2 N–H and O–H groups in total. The predicted octanol–water partition coefficient (Wildman–Crippen LogP) is 1.75. The van der Waals surface area contributed by atoms with Gasteiger partial charge < -0.3 is 10.2 Å². The molecule has 0 radical (unpaired) electrons. The summed E-state index contributed by atoms with van der Waals surface area (Å²) in [5.41, 5.74) is 1.25. The van der Waals surface area contributed by atoms with Crippen LogP contribution in [0.2, 0.25) is 0 Å². The molecule has 0 bridgehead atoms. The van der Waals surface area contributed by atoms with Gasteiger partial charge in [0.05, 0.1) is 12.2 Å². The second kappa shape index (κ2) is 4.77. The Morgan fingerprint density at radius 3 is 2.53 bits per heavy atom. The van der Waals surface area contributed by atoms with E-state index in [2.05, 4.69) is 12.1 Å². The summed E-state index contributed by atoms with van der Waals surface area (Å²) in [7, 11) is 0. The molecule has 2 heteroatoms. The molecule has 1 aromatic rings. The number of hydrogen-bond acceptors (Lipinski definition) is 2. The first kappa shape index (κ1) is 10.7. The van der Waals surface area contributed by atoms with Crippen molar-refractivity contribution < 1.29 is 10.2 Å². The Labute approximate surface area is 90.6 Å². The van der Waals surface area contributed by atoms with Gasteiger partial charge in [-0.25, -0.2) is 0 Å². The van der Waals surface area contributed by atoms with Gasteiger partial charge >= 0.3 is 0 Å². The second-order valence-corrected chi connectivity index (χ2v) is 4.44. The third-order valence-electron chi connectivity index (χ3n) is 3.29. The molecule has 1 aliphatic carbocycles. The van der Waals surface area contributed by atoms with Crippen LogP contribution >= 0.6 is 0 Å². The van der Waals surface area contributed by atoms with Gasteiger partial charge in [-0.05, 0) is 30.7 Å². The molecule has 2 nitrogen and oxygen atoms in total. The summed E-state index contributed by atoms with van der Waals surface area (Å²) in [5.74, 6) is 0.219. The van der Waals surface area contributed by atoms with Gasteiger partial charge in [0.25, 0.3) is 0 Å². The van der Waals surface area contributed by atoms with Crippen LogP contribution in [0, 0.1) is 5.92 Å². The quantitative estimate of drug-likeness (QED) is 0.774. The molecule has 1 fully saturated rings. The van der Waals surface area contributed by atoms with Gasteiger partial charge in [0, 0.05) is 0 Å². The van der Waals surface area contributed by atoms with Gasteiger partial charge in [-0.3, -0.25) is 0 Å². The van der Waals surface area contributed by atoms with Gasteiger partial charge in [-0.2, -0.15) is 0 Å². The van der Waals surface area contributed by atoms with E-state index in [-0.39, 0.29) is 5.92 Å². The minimum atomic E-state index is -0.543. The lowest BCUT2D eigenvalue weighted by Crippen LogP contribution is -2.38. The summed E-state index contributed by atoms with van der Waals surface area (Å²) in [6, 6.07) is 10.2. The van der Waals surface area contributed by atoms with Crippen LogP contribution in [0.5, 0.6) is 0 Å². The predicted molar refractivity (Wildman–Crippen MR) is 59.5 cm³/mol. The van der Waals surface area contributed by atoms with Gasteiger partial charge in [-0.1, -0.05) is 36.8 Å². The summed E-state index contributed by atoms with van der Waals surface area (Å²) in [4.78, 5) is 0. The molecule has 0 amide bonds. The average Bonchev–Trinajstić information content (AvgIpc) is 2.26. The lowest BCUT2D eigenvalue weighted by atomic mass is 9.81. The standard InChI is InChI=1S/C13H18O2/c14-12-8-4-7-11(13(12)15)9-10-5-2-1-3-6-10/h1-3,5-6,11-15H,4,7-9H2/t11?,12-,13-/m1/s1. The Kier molecular flexibility index (Phi) is 3.39. The number of benzene rings is 1. The Hall–Kier alpha value is -0.860. The van der Waals surface area contributed by atoms with Crippen molar-refractivity contribution in [1.82, 2.24) is 0 Å². The summed E-state index contributed by atoms with van der Waals surface area (Å²) in [6.07, 6.45) is 2.60. The van der Waals surface area contributed by atoms with Gasteiger partial charge in [0.1, 0.15) is 0 Å². The van der Waals surface area contributed by atoms with Gasteiger partial charge in [-0.15, -0.1) is 0 Å². The van der Waals surface area contributed by atoms with Crippen molar-refractivity contribution >= 4 is 0 Å². The third kappa shape index (κ3) is 2.58. The molecule has 1 saturated carbocycles. The minimum Gasteiger partial charge on any atom is -0.390 e. The topological polar surface area (TPSA) is 40.5 Å². The average molecular weight is 206 g/mol. The molecule has 1 unspecified atom stereocenters. The highest BCUT2D eigenvalue weighted by Crippen LogP contribution is 2.27. The summed E-state index contributed by atoms with van der Waals surface area (Å²) in [6.45, 7) is 0. The molecule has 82 valence electrons. The van der Waals surface area contributed by atoms with E-state index in [1.165, 1.54) is 5.56 Å². The van der Waals surface area contributed by atoms with Crippen molar-refractivity contribution in [2.24, 2.45) is 5.92 Å². The Morgan fingerprint density at radius 1 is 1.07 bits per heavy atom. The van der Waals surface area contributed by atoms with E-state index in [0.717, 1.165) is 25.7 Å². The monoisotopic (exact) mass is 206 g/mol. The molecule has 1 aromatic carbocycles. The van der Waals surface area contributed by atoms with E-state index in [1.54, 1.807) is 0 Å². The fraction of sp³-hybridized carbons (Fsp3) is 0.538. The highest BCUT2D eigenvalue weighted by Gasteiger charge is 2.30. The molecule has 1 aliphatic rings. The maximum atomic E-state index is 9.85. The fourth-order valence-electron chi connectivity index (χ4n) is 2.38. The van der Waals surface area contributed by atoms with E-state index >= 15 is 0 Å². The Balaban J connectivity index is 1.99. The fourth-order valence-corrected chi connectivity index (χ4v) is 2.38. The summed E-state index contributed by atoms with van der Waals surface area (Å²) in [5, 5.41) is 19.4. The van der Waals surface area contributed by atoms with Crippen LogP contribution in [-0.2, 0) is 6.42 Å². The first-order valence-electron chi connectivity index (χ1n) is 5.67. The zero-order valence-corrected chi connectivity index (χ0v) is 8.84. The highest BCUT2D eigenvalue weighted by atomic mass is 16.3. The van der Waals surface area contributed by atoms with E-state index in [4.69, 9.17) is 0 Å². The molecule has 3 atom stereocenters. The largest absolute Gasteiger partial charge is 0.390 e. The first-order valence-corrected chi connectivity index (χ1v) is 5.67. The van der Waals surface area contributed by atoms with E-state index in [0.29, 0.717) is 0 Å². The van der Waals surface area contributed by atoms with Crippen molar-refractivity contribution in [3.8, 4) is 0 Å². The Bertz CT molecular complexity index is 297. The molecule has 15 heavy (non-hydrogen) atoms. The normalized spacial score (nSPS) is 31.5. The van der Waals surface area contributed by atoms with Gasteiger partial charge in [0.2, 0.25) is 0 Å². The number of aliphatic hydroxyl groups is 2. The third-order valence-corrected chi connectivity index (χ3v) is 3.29. The SMILES string of the molecule is O[C@@H]1CCCC(Cc2ccccc2)[C@H]1O. The van der Waals surface area contributed by atoms with Crippen LogP contribution in [0.15, 0.2) is 30.3 Å². The maximum Gasteiger partial charge on any atom is 0.0830 e. The van der Waals surface area contributed by atoms with E-state index in [9.17, 15) is 10.2 Å². The van der Waals surface area contributed by atoms with Crippen LogP contribution in [0.3, 0.4) is 0 Å². The Morgan fingerprint density at radius 2 is 1.80 bits per heavy atom. The van der Waals surface area contributed by atoms with Crippen molar-refractivity contribution in [2.75, 3.05) is 0 Å². The van der Waals surface area contributed by atoms with Gasteiger partial charge in [0.15, 0.2) is 0 Å². The van der Waals surface area contributed by atoms with Crippen LogP contribution in [-0.4, -0.2) is 22.4 Å². The second-order valence-electron chi connectivity index (χ2n) is 4.44. The minimum absolute atomic E-state index is 0.219. The molecular weight excluding hydrogens is 188 g/mol. The summed E-state index contributed by atoms with van der Waals surface area (Å²) >= 11 is 0. The lowest BCUT2D eigenvalue weighted by Gasteiger charge is -2.31. The van der Waals surface area contributed by atoms with E-state index in [1.807, 2.05) is 18.2 Å². The van der Waals surface area contributed by atoms with Crippen molar-refractivity contribution in [3.63, 3.8) is 0 Å². The highest BCUT2D eigenvalue weighted by molar-refractivity contribution is 5.15.